The Kier molecular flexibility index (Phi) is 10.6. The second-order valence-electron chi connectivity index (χ2n) is 7.71. The van der Waals surface area contributed by atoms with E-state index in [1.807, 2.05) is 0 Å². The topological polar surface area (TPSA) is 89.1 Å². The number of nitrogens with zero attached hydrogens (tertiary/aromatic N) is 1. The van der Waals surface area contributed by atoms with Crippen molar-refractivity contribution in [1.82, 2.24) is 0 Å². The van der Waals surface area contributed by atoms with Crippen LogP contribution in [0.25, 0.3) is 0 Å². The highest BCUT2D eigenvalue weighted by Gasteiger charge is 2.08. The molecule has 0 atom stereocenters. The average molecular weight is 428 g/mol. The number of hydrogen-bond acceptors (Lipinski definition) is 6. The zero-order valence-electron chi connectivity index (χ0n) is 18.6. The molecule has 2 rings (SSSR count). The van der Waals surface area contributed by atoms with Crippen LogP contribution in [0.1, 0.15) is 86.4 Å². The van der Waals surface area contributed by atoms with Crippen LogP contribution in [0, 0.1) is 6.92 Å². The van der Waals surface area contributed by atoms with Crippen molar-refractivity contribution in [2.45, 2.75) is 71.6 Å². The standard InChI is InChI=1S/C25H33NO5/c1-3-4-5-6-7-8-9-10-11-16-30-24(28)20-12-14-21(15-13-20)26-18-22-23(27)17-19(2)31-25(22)29/h12-15,17-18,27H,3-11,16H2,1-2H3. The molecule has 2 aromatic rings. The molecule has 0 saturated carbocycles. The van der Waals surface area contributed by atoms with Crippen LogP contribution in [-0.2, 0) is 4.74 Å². The fraction of sp³-hybridized carbons (Fsp3) is 0.480. The van der Waals surface area contributed by atoms with Gasteiger partial charge in [-0.3, -0.25) is 4.99 Å². The molecule has 0 aliphatic heterocycles. The zero-order chi connectivity index (χ0) is 22.5. The van der Waals surface area contributed by atoms with Gasteiger partial charge in [0.2, 0.25) is 0 Å². The van der Waals surface area contributed by atoms with Crippen LogP contribution in [0.4, 0.5) is 5.69 Å². The van der Waals surface area contributed by atoms with E-state index >= 15 is 0 Å². The Morgan fingerprint density at radius 1 is 1.03 bits per heavy atom. The largest absolute Gasteiger partial charge is 0.507 e. The lowest BCUT2D eigenvalue weighted by Crippen LogP contribution is -2.07. The van der Waals surface area contributed by atoms with Gasteiger partial charge in [-0.25, -0.2) is 9.59 Å². The molecule has 0 unspecified atom stereocenters. The summed E-state index contributed by atoms with van der Waals surface area (Å²) >= 11 is 0. The van der Waals surface area contributed by atoms with Crippen molar-refractivity contribution >= 4 is 17.9 Å². The number of carbonyl (C=O) groups is 1. The Morgan fingerprint density at radius 3 is 2.26 bits per heavy atom. The molecule has 1 aromatic carbocycles. The summed E-state index contributed by atoms with van der Waals surface area (Å²) in [6.07, 6.45) is 12.2. The molecule has 1 N–H and O–H groups in total. The Balaban J connectivity index is 1.72. The minimum absolute atomic E-state index is 0.0185. The molecule has 0 aliphatic carbocycles. The summed E-state index contributed by atoms with van der Waals surface area (Å²) in [5.41, 5.74) is 0.315. The van der Waals surface area contributed by atoms with Gasteiger partial charge in [-0.1, -0.05) is 58.3 Å². The summed E-state index contributed by atoms with van der Waals surface area (Å²) in [5.74, 6) is -0.217. The maximum absolute atomic E-state index is 12.1. The van der Waals surface area contributed by atoms with Gasteiger partial charge in [0, 0.05) is 12.3 Å². The number of esters is 1. The van der Waals surface area contributed by atoms with Crippen LogP contribution in [0.5, 0.6) is 5.75 Å². The SMILES string of the molecule is CCCCCCCCCCCOC(=O)c1ccc(N=Cc2c(O)cc(C)oc2=O)cc1. The smallest absolute Gasteiger partial charge is 0.348 e. The maximum Gasteiger partial charge on any atom is 0.348 e. The highest BCUT2D eigenvalue weighted by molar-refractivity contribution is 5.90. The number of aryl methyl sites for hydroxylation is 1. The third-order valence-corrected chi connectivity index (χ3v) is 5.02. The molecule has 6 heteroatoms. The summed E-state index contributed by atoms with van der Waals surface area (Å²) in [7, 11) is 0. The van der Waals surface area contributed by atoms with E-state index in [2.05, 4.69) is 11.9 Å². The molecule has 0 bridgehead atoms. The number of benzene rings is 1. The molecule has 6 nitrogen and oxygen atoms in total. The summed E-state index contributed by atoms with van der Waals surface area (Å²) in [5, 5.41) is 9.85. The Bertz CT molecular complexity index is 899. The van der Waals surface area contributed by atoms with Crippen molar-refractivity contribution < 1.29 is 19.1 Å². The molecule has 0 amide bonds. The van der Waals surface area contributed by atoms with Gasteiger partial charge in [0.1, 0.15) is 17.1 Å². The molecule has 0 spiro atoms. The molecule has 31 heavy (non-hydrogen) atoms. The van der Waals surface area contributed by atoms with Crippen LogP contribution in [0.15, 0.2) is 44.5 Å². The molecular formula is C25H33NO5. The summed E-state index contributed by atoms with van der Waals surface area (Å²) < 4.78 is 10.3. The maximum atomic E-state index is 12.1. The van der Waals surface area contributed by atoms with E-state index in [1.165, 1.54) is 57.2 Å². The molecule has 0 aliphatic rings. The minimum Gasteiger partial charge on any atom is -0.507 e. The first kappa shape index (κ1) is 24.4. The van der Waals surface area contributed by atoms with Crippen LogP contribution in [0.2, 0.25) is 0 Å². The Hall–Kier alpha value is -2.89. The van der Waals surface area contributed by atoms with Gasteiger partial charge < -0.3 is 14.3 Å². The fourth-order valence-electron chi connectivity index (χ4n) is 3.21. The van der Waals surface area contributed by atoms with Crippen LogP contribution >= 0.6 is 0 Å². The number of aliphatic imine (C=N–C) groups is 1. The monoisotopic (exact) mass is 427 g/mol. The van der Waals surface area contributed by atoms with Gasteiger partial charge in [-0.05, 0) is 37.6 Å². The molecule has 0 saturated heterocycles. The highest BCUT2D eigenvalue weighted by Crippen LogP contribution is 2.17. The molecule has 168 valence electrons. The van der Waals surface area contributed by atoms with Crippen LogP contribution < -0.4 is 5.63 Å². The van der Waals surface area contributed by atoms with E-state index in [0.29, 0.717) is 23.6 Å². The molecule has 1 heterocycles. The fourth-order valence-corrected chi connectivity index (χ4v) is 3.21. The number of aromatic hydroxyl groups is 1. The minimum atomic E-state index is -0.655. The number of rotatable bonds is 13. The number of hydrogen-bond donors (Lipinski definition) is 1. The van der Waals surface area contributed by atoms with E-state index in [4.69, 9.17) is 9.15 Å². The zero-order valence-corrected chi connectivity index (χ0v) is 18.6. The second-order valence-corrected chi connectivity index (χ2v) is 7.71. The number of ether oxygens (including phenoxy) is 1. The summed E-state index contributed by atoms with van der Waals surface area (Å²) in [6, 6.07) is 7.91. The Morgan fingerprint density at radius 2 is 1.65 bits per heavy atom. The van der Waals surface area contributed by atoms with Crippen molar-refractivity contribution in [3.8, 4) is 5.75 Å². The molecule has 1 aromatic heterocycles. The van der Waals surface area contributed by atoms with Crippen molar-refractivity contribution in [3.63, 3.8) is 0 Å². The summed E-state index contributed by atoms with van der Waals surface area (Å²) in [4.78, 5) is 28.1. The van der Waals surface area contributed by atoms with Crippen molar-refractivity contribution in [2.24, 2.45) is 4.99 Å². The summed E-state index contributed by atoms with van der Waals surface area (Å²) in [6.45, 7) is 4.23. The van der Waals surface area contributed by atoms with E-state index in [9.17, 15) is 14.7 Å². The molecule has 0 fully saturated rings. The number of carbonyl (C=O) groups excluding carboxylic acids is 1. The van der Waals surface area contributed by atoms with Gasteiger partial charge in [0.05, 0.1) is 17.9 Å². The van der Waals surface area contributed by atoms with E-state index in [1.54, 1.807) is 31.2 Å². The average Bonchev–Trinajstić information content (AvgIpc) is 2.74. The van der Waals surface area contributed by atoms with Crippen molar-refractivity contribution in [2.75, 3.05) is 6.61 Å². The lowest BCUT2D eigenvalue weighted by molar-refractivity contribution is 0.0497. The Labute approximate surface area is 184 Å². The van der Waals surface area contributed by atoms with Gasteiger partial charge in [-0.2, -0.15) is 0 Å². The molecular weight excluding hydrogens is 394 g/mol. The predicted molar refractivity (Wildman–Crippen MR) is 123 cm³/mol. The first-order valence-electron chi connectivity index (χ1n) is 11.2. The quantitative estimate of drug-likeness (QED) is 0.237. The second kappa shape index (κ2) is 13.4. The van der Waals surface area contributed by atoms with E-state index in [-0.39, 0.29) is 17.3 Å². The van der Waals surface area contributed by atoms with Gasteiger partial charge in [0.15, 0.2) is 0 Å². The normalized spacial score (nSPS) is 11.2. The van der Waals surface area contributed by atoms with Crippen LogP contribution in [0.3, 0.4) is 0 Å². The molecule has 0 radical (unpaired) electrons. The van der Waals surface area contributed by atoms with E-state index in [0.717, 1.165) is 12.8 Å². The van der Waals surface area contributed by atoms with Gasteiger partial charge in [-0.15, -0.1) is 0 Å². The van der Waals surface area contributed by atoms with Crippen molar-refractivity contribution in [3.05, 3.63) is 57.6 Å². The third kappa shape index (κ3) is 8.79. The lowest BCUT2D eigenvalue weighted by atomic mass is 10.1. The lowest BCUT2D eigenvalue weighted by Gasteiger charge is -2.05. The third-order valence-electron chi connectivity index (χ3n) is 5.02. The number of unbranched alkanes of at least 4 members (excludes halogenated alkanes) is 8. The van der Waals surface area contributed by atoms with Crippen LogP contribution in [-0.4, -0.2) is 23.9 Å². The first-order chi connectivity index (χ1) is 15.0. The van der Waals surface area contributed by atoms with E-state index < -0.39 is 5.63 Å². The van der Waals surface area contributed by atoms with Gasteiger partial charge in [0.25, 0.3) is 0 Å². The predicted octanol–water partition coefficient (Wildman–Crippen LogP) is 6.09. The highest BCUT2D eigenvalue weighted by atomic mass is 16.5. The first-order valence-corrected chi connectivity index (χ1v) is 11.2. The van der Waals surface area contributed by atoms with Crippen molar-refractivity contribution in [1.29, 1.82) is 0 Å². The van der Waals surface area contributed by atoms with Gasteiger partial charge >= 0.3 is 11.6 Å².